The number of hydrogen-bond donors (Lipinski definition) is 2. The molecule has 202 valence electrons. The molecule has 0 atom stereocenters. The molecule has 0 fully saturated rings. The Labute approximate surface area is 230 Å². The van der Waals surface area contributed by atoms with E-state index >= 15 is 0 Å². The molecule has 1 heterocycles. The van der Waals surface area contributed by atoms with Crippen LogP contribution in [0.3, 0.4) is 0 Å². The van der Waals surface area contributed by atoms with Crippen molar-refractivity contribution in [3.05, 3.63) is 102 Å². The van der Waals surface area contributed by atoms with Crippen LogP contribution in [0.5, 0.6) is 11.5 Å². The van der Waals surface area contributed by atoms with Crippen molar-refractivity contribution in [3.63, 3.8) is 0 Å². The number of benzene rings is 3. The number of aromatic amines is 1. The van der Waals surface area contributed by atoms with Crippen molar-refractivity contribution in [2.75, 3.05) is 40.9 Å². The van der Waals surface area contributed by atoms with Crippen LogP contribution in [0.1, 0.15) is 30.0 Å². The van der Waals surface area contributed by atoms with E-state index in [1.165, 1.54) is 5.57 Å². The van der Waals surface area contributed by atoms with Crippen LogP contribution in [0.4, 0.5) is 0 Å². The van der Waals surface area contributed by atoms with E-state index in [0.717, 1.165) is 51.1 Å². The molecule has 0 aliphatic heterocycles. The Morgan fingerprint density at radius 1 is 1.05 bits per heavy atom. The molecule has 7 nitrogen and oxygen atoms in total. The van der Waals surface area contributed by atoms with E-state index in [1.807, 2.05) is 42.6 Å². The normalized spacial score (nSPS) is 12.0. The molecule has 2 N–H and O–H groups in total. The SMILES string of the molecule is CC/C(=C(/c1ccc(OCCNC/C=C/C(=O)N(C)C)cc1)c1ccc2[nH]ncc2c1)c1ccccc1OC. The van der Waals surface area contributed by atoms with Gasteiger partial charge in [-0.2, -0.15) is 5.10 Å². The first-order chi connectivity index (χ1) is 19.0. The van der Waals surface area contributed by atoms with E-state index in [-0.39, 0.29) is 5.91 Å². The number of rotatable bonds is 12. The van der Waals surface area contributed by atoms with Gasteiger partial charge in [-0.25, -0.2) is 0 Å². The van der Waals surface area contributed by atoms with Gasteiger partial charge in [0, 0.05) is 44.2 Å². The minimum absolute atomic E-state index is 0.0248. The highest BCUT2D eigenvalue weighted by molar-refractivity contribution is 6.01. The van der Waals surface area contributed by atoms with Crippen LogP contribution >= 0.6 is 0 Å². The number of amides is 1. The van der Waals surface area contributed by atoms with E-state index in [1.54, 1.807) is 32.2 Å². The smallest absolute Gasteiger partial charge is 0.245 e. The molecular weight excluding hydrogens is 488 g/mol. The molecule has 1 amide bonds. The quantitative estimate of drug-likeness (QED) is 0.144. The fraction of sp³-hybridized carbons (Fsp3) is 0.250. The molecule has 0 saturated carbocycles. The Morgan fingerprint density at radius 2 is 1.82 bits per heavy atom. The van der Waals surface area contributed by atoms with Crippen molar-refractivity contribution >= 4 is 28.0 Å². The van der Waals surface area contributed by atoms with Crippen LogP contribution < -0.4 is 14.8 Å². The molecule has 0 bridgehead atoms. The van der Waals surface area contributed by atoms with Crippen molar-refractivity contribution in [2.24, 2.45) is 0 Å². The monoisotopic (exact) mass is 524 g/mol. The van der Waals surface area contributed by atoms with E-state index in [0.29, 0.717) is 19.7 Å². The minimum Gasteiger partial charge on any atom is -0.496 e. The lowest BCUT2D eigenvalue weighted by Gasteiger charge is -2.19. The summed E-state index contributed by atoms with van der Waals surface area (Å²) in [6.45, 7) is 3.98. The molecule has 0 radical (unpaired) electrons. The van der Waals surface area contributed by atoms with Gasteiger partial charge < -0.3 is 19.7 Å². The van der Waals surface area contributed by atoms with Gasteiger partial charge in [0.05, 0.1) is 18.8 Å². The number of para-hydroxylation sites is 1. The van der Waals surface area contributed by atoms with Gasteiger partial charge in [0.1, 0.15) is 18.1 Å². The van der Waals surface area contributed by atoms with Gasteiger partial charge in [-0.15, -0.1) is 0 Å². The second-order valence-electron chi connectivity index (χ2n) is 9.29. The first-order valence-corrected chi connectivity index (χ1v) is 13.1. The minimum atomic E-state index is -0.0248. The highest BCUT2D eigenvalue weighted by atomic mass is 16.5. The van der Waals surface area contributed by atoms with Crippen LogP contribution in [0.25, 0.3) is 22.0 Å². The number of nitrogens with one attached hydrogen (secondary N) is 2. The summed E-state index contributed by atoms with van der Waals surface area (Å²) in [5.41, 5.74) is 6.65. The molecule has 4 aromatic rings. The van der Waals surface area contributed by atoms with Crippen molar-refractivity contribution in [3.8, 4) is 11.5 Å². The zero-order chi connectivity index (χ0) is 27.6. The van der Waals surface area contributed by atoms with Crippen molar-refractivity contribution in [1.29, 1.82) is 0 Å². The number of ether oxygens (including phenoxy) is 2. The molecule has 4 rings (SSSR count). The van der Waals surface area contributed by atoms with Crippen molar-refractivity contribution < 1.29 is 14.3 Å². The van der Waals surface area contributed by atoms with Gasteiger partial charge in [0.25, 0.3) is 0 Å². The van der Waals surface area contributed by atoms with Crippen LogP contribution in [-0.4, -0.2) is 61.9 Å². The maximum absolute atomic E-state index is 11.6. The summed E-state index contributed by atoms with van der Waals surface area (Å²) in [6, 6.07) is 22.8. The Kier molecular flexibility index (Phi) is 9.53. The molecular formula is C32H36N4O3. The first kappa shape index (κ1) is 27.7. The number of likely N-dealkylation sites (N-methyl/N-ethyl adjacent to an activating group) is 1. The van der Waals surface area contributed by atoms with Crippen LogP contribution in [0.2, 0.25) is 0 Å². The third-order valence-corrected chi connectivity index (χ3v) is 6.47. The number of carbonyl (C=O) groups is 1. The zero-order valence-electron chi connectivity index (χ0n) is 23.0. The maximum atomic E-state index is 11.6. The molecule has 3 aromatic carbocycles. The summed E-state index contributed by atoms with van der Waals surface area (Å²) >= 11 is 0. The van der Waals surface area contributed by atoms with Crippen LogP contribution in [0.15, 0.2) is 85.1 Å². The number of carbonyl (C=O) groups excluding carboxylic acids is 1. The Balaban J connectivity index is 1.56. The summed E-state index contributed by atoms with van der Waals surface area (Å²) in [7, 11) is 5.18. The first-order valence-electron chi connectivity index (χ1n) is 13.1. The van der Waals surface area contributed by atoms with Gasteiger partial charge in [0.15, 0.2) is 0 Å². The van der Waals surface area contributed by atoms with Gasteiger partial charge in [0.2, 0.25) is 5.91 Å². The largest absolute Gasteiger partial charge is 0.496 e. The lowest BCUT2D eigenvalue weighted by Crippen LogP contribution is -2.22. The second-order valence-corrected chi connectivity index (χ2v) is 9.29. The third-order valence-electron chi connectivity index (χ3n) is 6.47. The van der Waals surface area contributed by atoms with Crippen LogP contribution in [-0.2, 0) is 4.79 Å². The average Bonchev–Trinajstić information content (AvgIpc) is 3.43. The van der Waals surface area contributed by atoms with Gasteiger partial charge in [-0.05, 0) is 59.0 Å². The lowest BCUT2D eigenvalue weighted by molar-refractivity contribution is -0.123. The van der Waals surface area contributed by atoms with E-state index in [9.17, 15) is 4.79 Å². The fourth-order valence-corrected chi connectivity index (χ4v) is 4.46. The number of fused-ring (bicyclic) bond motifs is 1. The molecule has 7 heteroatoms. The lowest BCUT2D eigenvalue weighted by atomic mass is 9.87. The predicted octanol–water partition coefficient (Wildman–Crippen LogP) is 5.55. The highest BCUT2D eigenvalue weighted by Gasteiger charge is 2.17. The number of methoxy groups -OCH3 is 1. The molecule has 0 saturated heterocycles. The van der Waals surface area contributed by atoms with Crippen molar-refractivity contribution in [1.82, 2.24) is 20.4 Å². The molecule has 39 heavy (non-hydrogen) atoms. The number of aromatic nitrogens is 2. The van der Waals surface area contributed by atoms with Gasteiger partial charge in [-0.1, -0.05) is 49.4 Å². The molecule has 0 aliphatic rings. The van der Waals surface area contributed by atoms with Gasteiger partial charge in [-0.3, -0.25) is 9.89 Å². The number of hydrogen-bond acceptors (Lipinski definition) is 5. The molecule has 1 aromatic heterocycles. The highest BCUT2D eigenvalue weighted by Crippen LogP contribution is 2.39. The summed E-state index contributed by atoms with van der Waals surface area (Å²) in [5, 5.41) is 11.6. The number of allylic oxidation sites excluding steroid dienone is 1. The fourth-order valence-electron chi connectivity index (χ4n) is 4.46. The van der Waals surface area contributed by atoms with Crippen LogP contribution in [0, 0.1) is 0 Å². The third kappa shape index (κ3) is 6.94. The standard InChI is InChI=1S/C32H36N4O3/c1-5-27(28-9-6-7-10-30(28)38-4)32(24-14-17-29-25(21-24)22-34-35-29)23-12-15-26(16-13-23)39-20-19-33-18-8-11-31(37)36(2)3/h6-17,21-22,33H,5,18-20H2,1-4H3,(H,34,35)/b11-8+,32-27+. The summed E-state index contributed by atoms with van der Waals surface area (Å²) < 4.78 is 11.7. The Bertz CT molecular complexity index is 1450. The van der Waals surface area contributed by atoms with Gasteiger partial charge >= 0.3 is 0 Å². The summed E-state index contributed by atoms with van der Waals surface area (Å²) in [4.78, 5) is 13.1. The molecule has 0 unspecified atom stereocenters. The van der Waals surface area contributed by atoms with E-state index in [4.69, 9.17) is 9.47 Å². The van der Waals surface area contributed by atoms with E-state index < -0.39 is 0 Å². The Morgan fingerprint density at radius 3 is 2.56 bits per heavy atom. The predicted molar refractivity (Wildman–Crippen MR) is 158 cm³/mol. The topological polar surface area (TPSA) is 79.5 Å². The number of nitrogens with zero attached hydrogens (tertiary/aromatic N) is 2. The number of H-pyrrole nitrogens is 1. The summed E-state index contributed by atoms with van der Waals surface area (Å²) in [6.07, 6.45) is 6.07. The molecule has 0 spiro atoms. The second kappa shape index (κ2) is 13.4. The Hall–Kier alpha value is -4.36. The maximum Gasteiger partial charge on any atom is 0.245 e. The van der Waals surface area contributed by atoms with Crippen molar-refractivity contribution in [2.45, 2.75) is 13.3 Å². The average molecular weight is 525 g/mol. The molecule has 0 aliphatic carbocycles. The zero-order valence-corrected chi connectivity index (χ0v) is 23.0. The van der Waals surface area contributed by atoms with E-state index in [2.05, 4.69) is 58.8 Å². The summed E-state index contributed by atoms with van der Waals surface area (Å²) in [5.74, 6) is 1.63.